The van der Waals surface area contributed by atoms with E-state index < -0.39 is 5.82 Å². The van der Waals surface area contributed by atoms with Crippen molar-refractivity contribution in [3.8, 4) is 0 Å². The van der Waals surface area contributed by atoms with Gasteiger partial charge in [0.25, 0.3) is 5.91 Å². The monoisotopic (exact) mass is 251 g/mol. The van der Waals surface area contributed by atoms with Gasteiger partial charge in [-0.1, -0.05) is 11.6 Å². The first kappa shape index (κ1) is 13.0. The second-order valence-electron chi connectivity index (χ2n) is 4.77. The van der Waals surface area contributed by atoms with Crippen LogP contribution < -0.4 is 0 Å². The van der Waals surface area contributed by atoms with Crippen LogP contribution >= 0.6 is 0 Å². The summed E-state index contributed by atoms with van der Waals surface area (Å²) in [5.41, 5.74) is 1.04. The number of amides is 1. The highest BCUT2D eigenvalue weighted by Crippen LogP contribution is 2.15. The lowest BCUT2D eigenvalue weighted by atomic mass is 10.1. The van der Waals surface area contributed by atoms with Gasteiger partial charge in [0, 0.05) is 19.7 Å². The number of benzene rings is 1. The highest BCUT2D eigenvalue weighted by atomic mass is 19.1. The Hall–Kier alpha value is -1.42. The summed E-state index contributed by atoms with van der Waals surface area (Å²) in [6, 6.07) is 4.62. The summed E-state index contributed by atoms with van der Waals surface area (Å²) < 4.78 is 19.2. The smallest absolute Gasteiger partial charge is 0.256 e. The fourth-order valence-corrected chi connectivity index (χ4v) is 2.15. The Kier molecular flexibility index (Phi) is 3.97. The number of carbonyl (C=O) groups is 1. The third-order valence-corrected chi connectivity index (χ3v) is 3.09. The molecule has 1 saturated heterocycles. The predicted molar refractivity (Wildman–Crippen MR) is 67.1 cm³/mol. The van der Waals surface area contributed by atoms with Gasteiger partial charge in [-0.05, 0) is 32.4 Å². The highest BCUT2D eigenvalue weighted by Gasteiger charge is 2.23. The summed E-state index contributed by atoms with van der Waals surface area (Å²) in [6.07, 6.45) is 0.799. The van der Waals surface area contributed by atoms with E-state index in [0.717, 1.165) is 12.0 Å². The van der Waals surface area contributed by atoms with Gasteiger partial charge in [0.1, 0.15) is 5.82 Å². The second kappa shape index (κ2) is 5.48. The molecule has 2 rings (SSSR count). The number of ether oxygens (including phenoxy) is 1. The molecule has 1 aromatic carbocycles. The molecule has 0 saturated carbocycles. The highest BCUT2D eigenvalue weighted by molar-refractivity contribution is 5.94. The van der Waals surface area contributed by atoms with Crippen LogP contribution in [0.25, 0.3) is 0 Å². The molecule has 1 atom stereocenters. The molecule has 1 unspecified atom stereocenters. The standard InChI is InChI=1S/C14H18FNO2/c1-10-4-5-13(15)12(8-10)14(17)16-6-3-7-18-11(2)9-16/h4-5,8,11H,3,6-7,9H2,1-2H3. The van der Waals surface area contributed by atoms with Crippen LogP contribution in [0.1, 0.15) is 29.3 Å². The molecule has 1 fully saturated rings. The summed E-state index contributed by atoms with van der Waals surface area (Å²) in [6.45, 7) is 5.58. The molecule has 1 heterocycles. The summed E-state index contributed by atoms with van der Waals surface area (Å²) >= 11 is 0. The molecule has 0 aromatic heterocycles. The molecule has 1 amide bonds. The summed E-state index contributed by atoms with van der Waals surface area (Å²) in [4.78, 5) is 14.0. The summed E-state index contributed by atoms with van der Waals surface area (Å²) in [5, 5.41) is 0. The zero-order valence-electron chi connectivity index (χ0n) is 10.8. The maximum Gasteiger partial charge on any atom is 0.256 e. The number of halogens is 1. The number of carbonyl (C=O) groups excluding carboxylic acids is 1. The van der Waals surface area contributed by atoms with Crippen molar-refractivity contribution < 1.29 is 13.9 Å². The lowest BCUT2D eigenvalue weighted by Gasteiger charge is -2.22. The van der Waals surface area contributed by atoms with Crippen LogP contribution in [0.3, 0.4) is 0 Å². The number of hydrogen-bond donors (Lipinski definition) is 0. The normalized spacial score (nSPS) is 20.6. The first-order chi connectivity index (χ1) is 8.58. The van der Waals surface area contributed by atoms with Gasteiger partial charge >= 0.3 is 0 Å². The SMILES string of the molecule is Cc1ccc(F)c(C(=O)N2CCCOC(C)C2)c1. The first-order valence-electron chi connectivity index (χ1n) is 6.25. The molecule has 18 heavy (non-hydrogen) atoms. The third kappa shape index (κ3) is 2.88. The average Bonchev–Trinajstić information content (AvgIpc) is 2.56. The quantitative estimate of drug-likeness (QED) is 0.767. The van der Waals surface area contributed by atoms with Crippen LogP contribution in [-0.2, 0) is 4.74 Å². The molecule has 0 spiro atoms. The van der Waals surface area contributed by atoms with Crippen molar-refractivity contribution in [3.05, 3.63) is 35.1 Å². The molecule has 0 aliphatic carbocycles. The van der Waals surface area contributed by atoms with Gasteiger partial charge in [0.2, 0.25) is 0 Å². The molecule has 3 nitrogen and oxygen atoms in total. The van der Waals surface area contributed by atoms with Gasteiger partial charge in [0.05, 0.1) is 11.7 Å². The van der Waals surface area contributed by atoms with Gasteiger partial charge in [-0.25, -0.2) is 4.39 Å². The van der Waals surface area contributed by atoms with Crippen molar-refractivity contribution in [2.75, 3.05) is 19.7 Å². The molecule has 0 radical (unpaired) electrons. The van der Waals surface area contributed by atoms with E-state index in [2.05, 4.69) is 0 Å². The number of nitrogens with zero attached hydrogens (tertiary/aromatic N) is 1. The summed E-state index contributed by atoms with van der Waals surface area (Å²) in [7, 11) is 0. The molecule has 1 aromatic rings. The van der Waals surface area contributed by atoms with Crippen molar-refractivity contribution in [3.63, 3.8) is 0 Å². The molecule has 1 aliphatic heterocycles. The Morgan fingerprint density at radius 1 is 1.50 bits per heavy atom. The second-order valence-corrected chi connectivity index (χ2v) is 4.77. The number of hydrogen-bond acceptors (Lipinski definition) is 2. The Bertz CT molecular complexity index is 447. The maximum absolute atomic E-state index is 13.7. The Balaban J connectivity index is 2.21. The van der Waals surface area contributed by atoms with Gasteiger partial charge in [-0.2, -0.15) is 0 Å². The van der Waals surface area contributed by atoms with Crippen LogP contribution in [0.4, 0.5) is 4.39 Å². The van der Waals surface area contributed by atoms with E-state index in [4.69, 9.17) is 4.74 Å². The van der Waals surface area contributed by atoms with Gasteiger partial charge in [-0.15, -0.1) is 0 Å². The van der Waals surface area contributed by atoms with Crippen LogP contribution in [0.2, 0.25) is 0 Å². The van der Waals surface area contributed by atoms with E-state index in [0.29, 0.717) is 19.7 Å². The maximum atomic E-state index is 13.7. The topological polar surface area (TPSA) is 29.5 Å². The zero-order chi connectivity index (χ0) is 13.1. The fourth-order valence-electron chi connectivity index (χ4n) is 2.15. The lowest BCUT2D eigenvalue weighted by Crippen LogP contribution is -2.36. The molecular weight excluding hydrogens is 233 g/mol. The van der Waals surface area contributed by atoms with Crippen LogP contribution in [-0.4, -0.2) is 36.6 Å². The van der Waals surface area contributed by atoms with Crippen LogP contribution in [0.5, 0.6) is 0 Å². The molecule has 0 N–H and O–H groups in total. The minimum atomic E-state index is -0.455. The minimum Gasteiger partial charge on any atom is -0.377 e. The number of rotatable bonds is 1. The first-order valence-corrected chi connectivity index (χ1v) is 6.25. The molecule has 4 heteroatoms. The van der Waals surface area contributed by atoms with Crippen molar-refractivity contribution in [1.82, 2.24) is 4.90 Å². The predicted octanol–water partition coefficient (Wildman–Crippen LogP) is 2.39. The minimum absolute atomic E-state index is 0.00400. The Morgan fingerprint density at radius 3 is 3.06 bits per heavy atom. The lowest BCUT2D eigenvalue weighted by molar-refractivity contribution is 0.0560. The van der Waals surface area contributed by atoms with Crippen LogP contribution in [0.15, 0.2) is 18.2 Å². The van der Waals surface area contributed by atoms with E-state index in [1.165, 1.54) is 6.07 Å². The van der Waals surface area contributed by atoms with E-state index in [1.807, 2.05) is 13.8 Å². The number of aryl methyl sites for hydroxylation is 1. The van der Waals surface area contributed by atoms with E-state index >= 15 is 0 Å². The third-order valence-electron chi connectivity index (χ3n) is 3.09. The molecule has 98 valence electrons. The molecular formula is C14H18FNO2. The molecule has 0 bridgehead atoms. The van der Waals surface area contributed by atoms with E-state index in [1.54, 1.807) is 17.0 Å². The Labute approximate surface area is 107 Å². The van der Waals surface area contributed by atoms with Crippen molar-refractivity contribution in [2.45, 2.75) is 26.4 Å². The Morgan fingerprint density at radius 2 is 2.28 bits per heavy atom. The van der Waals surface area contributed by atoms with Gasteiger partial charge in [-0.3, -0.25) is 4.79 Å². The van der Waals surface area contributed by atoms with Gasteiger partial charge < -0.3 is 9.64 Å². The molecule has 1 aliphatic rings. The van der Waals surface area contributed by atoms with Gasteiger partial charge in [0.15, 0.2) is 0 Å². The zero-order valence-corrected chi connectivity index (χ0v) is 10.8. The largest absolute Gasteiger partial charge is 0.377 e. The van der Waals surface area contributed by atoms with E-state index in [-0.39, 0.29) is 17.6 Å². The van der Waals surface area contributed by atoms with Crippen molar-refractivity contribution in [2.24, 2.45) is 0 Å². The fraction of sp³-hybridized carbons (Fsp3) is 0.500. The van der Waals surface area contributed by atoms with Crippen molar-refractivity contribution in [1.29, 1.82) is 0 Å². The van der Waals surface area contributed by atoms with Crippen molar-refractivity contribution >= 4 is 5.91 Å². The summed E-state index contributed by atoms with van der Waals surface area (Å²) in [5.74, 6) is -0.697. The average molecular weight is 251 g/mol. The van der Waals surface area contributed by atoms with E-state index in [9.17, 15) is 9.18 Å². The van der Waals surface area contributed by atoms with Crippen LogP contribution in [0, 0.1) is 12.7 Å².